The molecule has 2 aromatic rings. The lowest BCUT2D eigenvalue weighted by atomic mass is 10.0. The van der Waals surface area contributed by atoms with E-state index in [4.69, 9.17) is 18.9 Å². The largest absolute Gasteiger partial charge is 0.496 e. The number of carbonyl (C=O) groups excluding carboxylic acids is 2. The first-order chi connectivity index (χ1) is 14.4. The Balaban J connectivity index is 1.93. The predicted molar refractivity (Wildman–Crippen MR) is 115 cm³/mol. The minimum atomic E-state index is -0.655. The van der Waals surface area contributed by atoms with E-state index in [0.29, 0.717) is 34.4 Å². The molecule has 0 heterocycles. The Bertz CT molecular complexity index is 903. The summed E-state index contributed by atoms with van der Waals surface area (Å²) in [7, 11) is 4.55. The van der Waals surface area contributed by atoms with Crippen LogP contribution in [0.5, 0.6) is 17.2 Å². The Morgan fingerprint density at radius 1 is 0.933 bits per heavy atom. The molecule has 7 heteroatoms. The van der Waals surface area contributed by atoms with E-state index in [9.17, 15) is 9.59 Å². The van der Waals surface area contributed by atoms with Crippen LogP contribution in [0, 0.1) is 0 Å². The number of hydrogen-bond acceptors (Lipinski definition) is 6. The standard InChI is InChI=1S/C23H27NO6/c1-15(2)16-6-9-18(10-7-16)24-22(25)14-30-23(26)11-8-17-12-20(28-4)21(29-5)13-19(17)27-3/h6-13,15H,14H2,1-5H3,(H,24,25). The minimum Gasteiger partial charge on any atom is -0.496 e. The van der Waals surface area contributed by atoms with Crippen molar-refractivity contribution in [3.8, 4) is 17.2 Å². The van der Waals surface area contributed by atoms with Gasteiger partial charge in [-0.15, -0.1) is 0 Å². The third kappa shape index (κ3) is 6.27. The molecule has 0 radical (unpaired) electrons. The highest BCUT2D eigenvalue weighted by Crippen LogP contribution is 2.35. The normalized spacial score (nSPS) is 10.7. The van der Waals surface area contributed by atoms with Crippen LogP contribution in [0.1, 0.15) is 30.9 Å². The van der Waals surface area contributed by atoms with E-state index in [1.165, 1.54) is 39.0 Å². The summed E-state index contributed by atoms with van der Waals surface area (Å²) in [5.41, 5.74) is 2.42. The molecular weight excluding hydrogens is 386 g/mol. The van der Waals surface area contributed by atoms with E-state index in [-0.39, 0.29) is 0 Å². The van der Waals surface area contributed by atoms with Crippen LogP contribution in [0.2, 0.25) is 0 Å². The molecule has 7 nitrogen and oxygen atoms in total. The minimum absolute atomic E-state index is 0.391. The number of esters is 1. The maximum absolute atomic E-state index is 12.0. The van der Waals surface area contributed by atoms with Gasteiger partial charge in [-0.2, -0.15) is 0 Å². The summed E-state index contributed by atoms with van der Waals surface area (Å²) in [6.07, 6.45) is 2.74. The van der Waals surface area contributed by atoms with E-state index in [0.717, 1.165) is 0 Å². The molecule has 0 bridgehead atoms. The summed E-state index contributed by atoms with van der Waals surface area (Å²) in [6.45, 7) is 3.80. The maximum atomic E-state index is 12.0. The van der Waals surface area contributed by atoms with E-state index >= 15 is 0 Å². The molecular formula is C23H27NO6. The predicted octanol–water partition coefficient (Wildman–Crippen LogP) is 4.03. The summed E-state index contributed by atoms with van der Waals surface area (Å²) in [4.78, 5) is 24.0. The van der Waals surface area contributed by atoms with Gasteiger partial charge in [-0.25, -0.2) is 4.79 Å². The van der Waals surface area contributed by atoms with Crippen molar-refractivity contribution >= 4 is 23.6 Å². The number of rotatable bonds is 9. The van der Waals surface area contributed by atoms with Crippen LogP contribution in [0.25, 0.3) is 6.08 Å². The zero-order valence-corrected chi connectivity index (χ0v) is 17.9. The molecule has 0 saturated heterocycles. The second kappa shape index (κ2) is 10.9. The molecule has 0 spiro atoms. The van der Waals surface area contributed by atoms with Gasteiger partial charge in [0.1, 0.15) is 5.75 Å². The lowest BCUT2D eigenvalue weighted by molar-refractivity contribution is -0.142. The molecule has 0 aliphatic rings. The Morgan fingerprint density at radius 2 is 1.53 bits per heavy atom. The van der Waals surface area contributed by atoms with E-state index < -0.39 is 18.5 Å². The highest BCUT2D eigenvalue weighted by Gasteiger charge is 2.11. The lowest BCUT2D eigenvalue weighted by Gasteiger charge is -2.12. The van der Waals surface area contributed by atoms with Crippen molar-refractivity contribution in [2.45, 2.75) is 19.8 Å². The number of anilines is 1. The van der Waals surface area contributed by atoms with Gasteiger partial charge < -0.3 is 24.3 Å². The second-order valence-corrected chi connectivity index (χ2v) is 6.72. The first kappa shape index (κ1) is 22.8. The molecule has 2 aromatic carbocycles. The quantitative estimate of drug-likeness (QED) is 0.494. The van der Waals surface area contributed by atoms with Crippen molar-refractivity contribution in [1.82, 2.24) is 0 Å². The number of hydrogen-bond donors (Lipinski definition) is 1. The maximum Gasteiger partial charge on any atom is 0.331 e. The molecule has 0 aliphatic carbocycles. The van der Waals surface area contributed by atoms with Gasteiger partial charge >= 0.3 is 5.97 Å². The second-order valence-electron chi connectivity index (χ2n) is 6.72. The molecule has 0 saturated carbocycles. The fourth-order valence-electron chi connectivity index (χ4n) is 2.67. The third-order valence-corrected chi connectivity index (χ3v) is 4.34. The van der Waals surface area contributed by atoms with Crippen LogP contribution in [0.3, 0.4) is 0 Å². The molecule has 1 N–H and O–H groups in total. The number of benzene rings is 2. The number of amides is 1. The highest BCUT2D eigenvalue weighted by atomic mass is 16.5. The van der Waals surface area contributed by atoms with Crippen LogP contribution >= 0.6 is 0 Å². The van der Waals surface area contributed by atoms with Gasteiger partial charge in [0.2, 0.25) is 0 Å². The Labute approximate surface area is 176 Å². The summed E-state index contributed by atoms with van der Waals surface area (Å²) >= 11 is 0. The Morgan fingerprint density at radius 3 is 2.10 bits per heavy atom. The molecule has 1 amide bonds. The van der Waals surface area contributed by atoms with Gasteiger partial charge in [-0.1, -0.05) is 26.0 Å². The number of ether oxygens (including phenoxy) is 4. The van der Waals surface area contributed by atoms with Crippen LogP contribution in [-0.4, -0.2) is 39.8 Å². The molecule has 0 atom stereocenters. The summed E-state index contributed by atoms with van der Waals surface area (Å²) in [5, 5.41) is 2.69. The van der Waals surface area contributed by atoms with E-state index in [2.05, 4.69) is 19.2 Å². The van der Waals surface area contributed by atoms with Gasteiger partial charge in [-0.05, 0) is 35.8 Å². The van der Waals surface area contributed by atoms with Gasteiger partial charge in [0, 0.05) is 23.4 Å². The number of carbonyl (C=O) groups is 2. The lowest BCUT2D eigenvalue weighted by Crippen LogP contribution is -2.20. The Kier molecular flexibility index (Phi) is 8.29. The van der Waals surface area contributed by atoms with Crippen molar-refractivity contribution in [1.29, 1.82) is 0 Å². The van der Waals surface area contributed by atoms with Crippen LogP contribution in [-0.2, 0) is 14.3 Å². The smallest absolute Gasteiger partial charge is 0.331 e. The fraction of sp³-hybridized carbons (Fsp3) is 0.304. The monoisotopic (exact) mass is 413 g/mol. The molecule has 2 rings (SSSR count). The third-order valence-electron chi connectivity index (χ3n) is 4.34. The van der Waals surface area contributed by atoms with Crippen molar-refractivity contribution in [2.75, 3.05) is 33.3 Å². The molecule has 30 heavy (non-hydrogen) atoms. The SMILES string of the molecule is COc1cc(OC)c(OC)cc1C=CC(=O)OCC(=O)Nc1ccc(C(C)C)cc1. The molecule has 0 aliphatic heterocycles. The van der Waals surface area contributed by atoms with Gasteiger partial charge in [-0.3, -0.25) is 4.79 Å². The van der Waals surface area contributed by atoms with Crippen LogP contribution < -0.4 is 19.5 Å². The first-order valence-electron chi connectivity index (χ1n) is 9.42. The van der Waals surface area contributed by atoms with Crippen LogP contribution in [0.15, 0.2) is 42.5 Å². The Hall–Kier alpha value is -3.48. The van der Waals surface area contributed by atoms with Crippen molar-refractivity contribution in [2.24, 2.45) is 0 Å². The number of methoxy groups -OCH3 is 3. The van der Waals surface area contributed by atoms with E-state index in [1.807, 2.05) is 24.3 Å². The number of nitrogens with one attached hydrogen (secondary N) is 1. The van der Waals surface area contributed by atoms with Crippen molar-refractivity contribution in [3.63, 3.8) is 0 Å². The summed E-state index contributed by atoms with van der Waals surface area (Å²) < 4.78 is 20.8. The summed E-state index contributed by atoms with van der Waals surface area (Å²) in [5.74, 6) is 0.835. The first-order valence-corrected chi connectivity index (χ1v) is 9.42. The zero-order valence-electron chi connectivity index (χ0n) is 17.9. The average molecular weight is 413 g/mol. The highest BCUT2D eigenvalue weighted by molar-refractivity contribution is 5.94. The molecule has 0 fully saturated rings. The fourth-order valence-corrected chi connectivity index (χ4v) is 2.67. The average Bonchev–Trinajstić information content (AvgIpc) is 2.75. The van der Waals surface area contributed by atoms with Crippen LogP contribution in [0.4, 0.5) is 5.69 Å². The molecule has 0 unspecified atom stereocenters. The summed E-state index contributed by atoms with van der Waals surface area (Å²) in [6, 6.07) is 10.9. The van der Waals surface area contributed by atoms with Crippen molar-refractivity contribution in [3.05, 3.63) is 53.6 Å². The van der Waals surface area contributed by atoms with Gasteiger partial charge in [0.25, 0.3) is 5.91 Å². The topological polar surface area (TPSA) is 83.1 Å². The van der Waals surface area contributed by atoms with E-state index in [1.54, 1.807) is 12.1 Å². The molecule has 160 valence electrons. The zero-order chi connectivity index (χ0) is 22.1. The molecule has 0 aromatic heterocycles. The van der Waals surface area contributed by atoms with Gasteiger partial charge in [0.15, 0.2) is 18.1 Å². The van der Waals surface area contributed by atoms with Crippen molar-refractivity contribution < 1.29 is 28.5 Å². The van der Waals surface area contributed by atoms with Gasteiger partial charge in [0.05, 0.1) is 21.3 Å².